The highest BCUT2D eigenvalue weighted by molar-refractivity contribution is 9.10. The van der Waals surface area contributed by atoms with Gasteiger partial charge in [-0.3, -0.25) is 19.6 Å². The van der Waals surface area contributed by atoms with E-state index in [1.807, 2.05) is 25.1 Å². The number of aromatic nitrogens is 2. The lowest BCUT2D eigenvalue weighted by molar-refractivity contribution is -0.142. The van der Waals surface area contributed by atoms with Crippen molar-refractivity contribution in [2.75, 3.05) is 13.2 Å². The topological polar surface area (TPSA) is 78.4 Å². The van der Waals surface area contributed by atoms with Gasteiger partial charge in [0.2, 0.25) is 0 Å². The summed E-state index contributed by atoms with van der Waals surface area (Å²) in [6.07, 6.45) is 3.66. The average molecular weight is 504 g/mol. The lowest BCUT2D eigenvalue weighted by atomic mass is 10.3. The van der Waals surface area contributed by atoms with E-state index in [4.69, 9.17) is 4.74 Å². The summed E-state index contributed by atoms with van der Waals surface area (Å²) in [6, 6.07) is 7.50. The second kappa shape index (κ2) is 15.3. The Bertz CT molecular complexity index is 694. The quantitative estimate of drug-likeness (QED) is 0.564. The Balaban J connectivity index is 0.000000413. The number of carbonyl (C=O) groups excluding carboxylic acids is 2. The molecule has 0 unspecified atom stereocenters. The molecular weight excluding hydrogens is 480 g/mol. The summed E-state index contributed by atoms with van der Waals surface area (Å²) in [5, 5.41) is 0. The molecule has 2 aromatic heterocycles. The van der Waals surface area contributed by atoms with E-state index >= 15 is 0 Å². The van der Waals surface area contributed by atoms with Crippen LogP contribution in [0.3, 0.4) is 0 Å². The minimum Gasteiger partial charge on any atom is -0.466 e. The maximum atomic E-state index is 11.0. The number of rotatable bonds is 4. The Morgan fingerprint density at radius 1 is 0.963 bits per heavy atom. The van der Waals surface area contributed by atoms with Crippen molar-refractivity contribution >= 4 is 43.8 Å². The third-order valence-electron chi connectivity index (χ3n) is 2.62. The summed E-state index contributed by atoms with van der Waals surface area (Å²) in [7, 11) is 0. The summed E-state index contributed by atoms with van der Waals surface area (Å²) >= 11 is 6.62. The molecule has 0 radical (unpaired) electrons. The molecule has 0 fully saturated rings. The highest BCUT2D eigenvalue weighted by atomic mass is 79.9. The average Bonchev–Trinajstić information content (AvgIpc) is 2.56. The van der Waals surface area contributed by atoms with Crippen LogP contribution in [-0.4, -0.2) is 35.1 Å². The molecule has 0 N–H and O–H groups in total. The molecule has 0 aromatic carbocycles. The normalized spacial score (nSPS) is 9.11. The molecule has 2 rings (SSSR count). The van der Waals surface area contributed by atoms with Crippen LogP contribution in [0, 0.1) is 6.92 Å². The van der Waals surface area contributed by atoms with E-state index in [2.05, 4.69) is 46.6 Å². The van der Waals surface area contributed by atoms with Gasteiger partial charge < -0.3 is 9.47 Å². The fourth-order valence-electron chi connectivity index (χ4n) is 1.62. The molecule has 148 valence electrons. The molecule has 0 aliphatic heterocycles. The van der Waals surface area contributed by atoms with Crippen molar-refractivity contribution in [2.45, 2.75) is 34.1 Å². The number of pyridine rings is 2. The van der Waals surface area contributed by atoms with Crippen LogP contribution in [0.5, 0.6) is 0 Å². The van der Waals surface area contributed by atoms with Crippen LogP contribution < -0.4 is 0 Å². The van der Waals surface area contributed by atoms with Gasteiger partial charge in [0.15, 0.2) is 0 Å². The van der Waals surface area contributed by atoms with Gasteiger partial charge in [0.25, 0.3) is 0 Å². The van der Waals surface area contributed by atoms with Crippen LogP contribution in [0.1, 0.15) is 32.2 Å². The van der Waals surface area contributed by atoms with Crippen molar-refractivity contribution in [3.05, 3.63) is 57.0 Å². The Morgan fingerprint density at radius 3 is 1.89 bits per heavy atom. The summed E-state index contributed by atoms with van der Waals surface area (Å²) < 4.78 is 11.2. The Morgan fingerprint density at radius 2 is 1.52 bits per heavy atom. The number of hydrogen-bond donors (Lipinski definition) is 0. The van der Waals surface area contributed by atoms with Gasteiger partial charge in [0, 0.05) is 34.0 Å². The molecule has 27 heavy (non-hydrogen) atoms. The van der Waals surface area contributed by atoms with Gasteiger partial charge in [-0.05, 0) is 45.0 Å². The minimum atomic E-state index is -0.242. The van der Waals surface area contributed by atoms with E-state index in [-0.39, 0.29) is 18.4 Å². The Labute approximate surface area is 177 Å². The molecule has 0 spiro atoms. The third kappa shape index (κ3) is 15.0. The summed E-state index contributed by atoms with van der Waals surface area (Å²) in [6.45, 7) is 7.81. The highest BCUT2D eigenvalue weighted by Crippen LogP contribution is 2.09. The SMILES string of the molecule is CCOC(=O)Cc1cc(Br)ccn1.CCOC(C)=O.Cc1cc(Br)ccn1. The van der Waals surface area contributed by atoms with Gasteiger partial charge in [-0.1, -0.05) is 31.9 Å². The van der Waals surface area contributed by atoms with Crippen molar-refractivity contribution in [1.29, 1.82) is 0 Å². The van der Waals surface area contributed by atoms with Gasteiger partial charge in [0.05, 0.1) is 25.3 Å². The maximum Gasteiger partial charge on any atom is 0.311 e. The van der Waals surface area contributed by atoms with E-state index in [1.165, 1.54) is 6.92 Å². The van der Waals surface area contributed by atoms with Crippen molar-refractivity contribution in [2.24, 2.45) is 0 Å². The number of halogens is 2. The van der Waals surface area contributed by atoms with Gasteiger partial charge in [-0.2, -0.15) is 0 Å². The van der Waals surface area contributed by atoms with Crippen molar-refractivity contribution < 1.29 is 19.1 Å². The molecule has 2 aromatic rings. The number of esters is 2. The van der Waals surface area contributed by atoms with Gasteiger partial charge >= 0.3 is 11.9 Å². The first-order chi connectivity index (χ1) is 12.8. The first kappa shape index (κ1) is 25.2. The lowest BCUT2D eigenvalue weighted by Crippen LogP contribution is -2.08. The molecule has 0 aliphatic carbocycles. The van der Waals surface area contributed by atoms with Crippen molar-refractivity contribution in [1.82, 2.24) is 9.97 Å². The summed E-state index contributed by atoms with van der Waals surface area (Å²) in [4.78, 5) is 28.9. The van der Waals surface area contributed by atoms with Crippen molar-refractivity contribution in [3.63, 3.8) is 0 Å². The van der Waals surface area contributed by atoms with E-state index in [0.29, 0.717) is 18.9 Å². The molecule has 6 nitrogen and oxygen atoms in total. The maximum absolute atomic E-state index is 11.0. The molecule has 0 bridgehead atoms. The summed E-state index contributed by atoms with van der Waals surface area (Å²) in [5.41, 5.74) is 1.76. The molecule has 0 atom stereocenters. The van der Waals surface area contributed by atoms with Crippen LogP contribution in [-0.2, 0) is 25.5 Å². The molecule has 0 amide bonds. The molecule has 0 aliphatic rings. The standard InChI is InChI=1S/C9H10BrNO2.C6H6BrN.C4H8O2/c1-2-13-9(12)6-8-5-7(10)3-4-11-8;1-5-4-6(7)2-3-8-5;1-3-6-4(2)5/h3-5H,2,6H2,1H3;2-4H,1H3;3H2,1-2H3. The molecule has 0 saturated heterocycles. The Hall–Kier alpha value is -1.80. The van der Waals surface area contributed by atoms with E-state index < -0.39 is 0 Å². The van der Waals surface area contributed by atoms with Gasteiger partial charge in [0.1, 0.15) is 0 Å². The van der Waals surface area contributed by atoms with Crippen LogP contribution >= 0.6 is 31.9 Å². The van der Waals surface area contributed by atoms with E-state index in [0.717, 1.165) is 14.6 Å². The molecule has 2 heterocycles. The van der Waals surface area contributed by atoms with Crippen LogP contribution in [0.4, 0.5) is 0 Å². The number of nitrogens with zero attached hydrogens (tertiary/aromatic N) is 2. The Kier molecular flexibility index (Phi) is 14.3. The lowest BCUT2D eigenvalue weighted by Gasteiger charge is -2.00. The van der Waals surface area contributed by atoms with Crippen molar-refractivity contribution in [3.8, 4) is 0 Å². The highest BCUT2D eigenvalue weighted by Gasteiger charge is 2.04. The van der Waals surface area contributed by atoms with Gasteiger partial charge in [-0.15, -0.1) is 0 Å². The number of carbonyl (C=O) groups is 2. The summed E-state index contributed by atoms with van der Waals surface area (Å²) in [5.74, 6) is -0.453. The zero-order chi connectivity index (χ0) is 20.7. The van der Waals surface area contributed by atoms with Crippen LogP contribution in [0.25, 0.3) is 0 Å². The second-order valence-corrected chi connectivity index (χ2v) is 6.82. The molecular formula is C19H24Br2N2O4. The first-order valence-electron chi connectivity index (χ1n) is 8.26. The predicted molar refractivity (Wildman–Crippen MR) is 111 cm³/mol. The number of aryl methyl sites for hydroxylation is 1. The zero-order valence-corrected chi connectivity index (χ0v) is 19.0. The number of hydrogen-bond acceptors (Lipinski definition) is 6. The van der Waals surface area contributed by atoms with E-state index in [1.54, 1.807) is 32.3 Å². The van der Waals surface area contributed by atoms with Crippen LogP contribution in [0.2, 0.25) is 0 Å². The predicted octanol–water partition coefficient (Wildman–Crippen LogP) is 4.67. The third-order valence-corrected chi connectivity index (χ3v) is 3.60. The molecule has 8 heteroatoms. The minimum absolute atomic E-state index is 0.211. The fraction of sp³-hybridized carbons (Fsp3) is 0.368. The zero-order valence-electron chi connectivity index (χ0n) is 15.9. The number of ether oxygens (including phenoxy) is 2. The monoisotopic (exact) mass is 502 g/mol. The van der Waals surface area contributed by atoms with Crippen LogP contribution in [0.15, 0.2) is 45.6 Å². The largest absolute Gasteiger partial charge is 0.466 e. The first-order valence-corrected chi connectivity index (χ1v) is 9.84. The second-order valence-electron chi connectivity index (χ2n) is 4.99. The smallest absolute Gasteiger partial charge is 0.311 e. The molecule has 0 saturated carbocycles. The van der Waals surface area contributed by atoms with E-state index in [9.17, 15) is 9.59 Å². The van der Waals surface area contributed by atoms with Gasteiger partial charge in [-0.25, -0.2) is 0 Å². The fourth-order valence-corrected chi connectivity index (χ4v) is 2.45.